The monoisotopic (exact) mass is 552 g/mol. The van der Waals surface area contributed by atoms with Crippen LogP contribution in [0.25, 0.3) is 0 Å². The van der Waals surface area contributed by atoms with Crippen molar-refractivity contribution in [1.82, 2.24) is 5.32 Å². The van der Waals surface area contributed by atoms with Crippen LogP contribution < -0.4 is 26.4 Å². The van der Waals surface area contributed by atoms with Crippen LogP contribution in [0.4, 0.5) is 10.1 Å². The molecule has 0 bridgehead atoms. The molecule has 9 nitrogen and oxygen atoms in total. The van der Waals surface area contributed by atoms with E-state index in [0.29, 0.717) is 37.9 Å². The average Bonchev–Trinajstić information content (AvgIpc) is 3.21. The number of ether oxygens (including phenoxy) is 1. The molecule has 5 N–H and O–H groups in total. The summed E-state index contributed by atoms with van der Waals surface area (Å²) in [6.45, 7) is -0.000605. The molecule has 0 saturated carbocycles. The topological polar surface area (TPSA) is 145 Å². The summed E-state index contributed by atoms with van der Waals surface area (Å²) in [5.41, 5.74) is 14.2. The molecule has 4 amide bonds. The number of nitrogens with one attached hydrogen (secondary N) is 1. The molecule has 40 heavy (non-hydrogen) atoms. The van der Waals surface area contributed by atoms with Gasteiger partial charge in [0.05, 0.1) is 11.7 Å². The third-order valence-electron chi connectivity index (χ3n) is 7.43. The summed E-state index contributed by atoms with van der Waals surface area (Å²) in [6, 6.07) is 9.10. The van der Waals surface area contributed by atoms with Gasteiger partial charge in [-0.05, 0) is 67.3 Å². The van der Waals surface area contributed by atoms with Crippen molar-refractivity contribution in [2.24, 2.45) is 11.5 Å². The highest BCUT2D eigenvalue weighted by Gasteiger charge is 2.41. The molecule has 0 aromatic heterocycles. The van der Waals surface area contributed by atoms with Gasteiger partial charge < -0.3 is 21.5 Å². The summed E-state index contributed by atoms with van der Waals surface area (Å²) in [6.07, 6.45) is 5.78. The second-order valence-electron chi connectivity index (χ2n) is 10.6. The predicted molar refractivity (Wildman–Crippen MR) is 148 cm³/mol. The van der Waals surface area contributed by atoms with Crippen LogP contribution >= 0.6 is 0 Å². The van der Waals surface area contributed by atoms with Crippen molar-refractivity contribution in [3.8, 4) is 5.75 Å². The number of anilines is 1. The fourth-order valence-electron chi connectivity index (χ4n) is 5.50. The molecule has 214 valence electrons. The molecule has 0 radical (unpaired) electrons. The zero-order valence-electron chi connectivity index (χ0n) is 22.6. The van der Waals surface area contributed by atoms with E-state index < -0.39 is 23.8 Å². The number of hydrogen-bond donors (Lipinski definition) is 3. The number of aryl methyl sites for hydroxylation is 2. The lowest BCUT2D eigenvalue weighted by molar-refractivity contribution is -0.127. The molecule has 4 rings (SSSR count). The maximum atomic E-state index is 14.3. The SMILES string of the molecule is NC(=O)CCCCCc1cc(F)cc(OC[C@H](CCC(N)=O)NC(=O)[C@@H]2Cc3cccc4c3N2C(=O)CCC4)c1. The van der Waals surface area contributed by atoms with Crippen LogP contribution in [0.1, 0.15) is 68.1 Å². The number of rotatable bonds is 14. The third-order valence-corrected chi connectivity index (χ3v) is 7.43. The van der Waals surface area contributed by atoms with E-state index >= 15 is 0 Å². The van der Waals surface area contributed by atoms with Crippen molar-refractivity contribution in [2.45, 2.75) is 82.7 Å². The lowest BCUT2D eigenvalue weighted by atomic mass is 10.0. The molecule has 2 aliphatic rings. The van der Waals surface area contributed by atoms with E-state index in [2.05, 4.69) is 5.32 Å². The molecule has 2 heterocycles. The lowest BCUT2D eigenvalue weighted by Crippen LogP contribution is -2.51. The summed E-state index contributed by atoms with van der Waals surface area (Å²) in [5.74, 6) is -1.38. The van der Waals surface area contributed by atoms with Crippen LogP contribution in [-0.2, 0) is 38.4 Å². The molecular formula is C30H37FN4O5. The van der Waals surface area contributed by atoms with Crippen LogP contribution in [0.15, 0.2) is 36.4 Å². The largest absolute Gasteiger partial charge is 0.491 e. The summed E-state index contributed by atoms with van der Waals surface area (Å²) >= 11 is 0. The lowest BCUT2D eigenvalue weighted by Gasteiger charge is -2.27. The van der Waals surface area contributed by atoms with Crippen molar-refractivity contribution in [3.63, 3.8) is 0 Å². The van der Waals surface area contributed by atoms with Crippen LogP contribution in [0.5, 0.6) is 5.75 Å². The van der Waals surface area contributed by atoms with Crippen molar-refractivity contribution in [1.29, 1.82) is 0 Å². The van der Waals surface area contributed by atoms with Gasteiger partial charge >= 0.3 is 0 Å². The summed E-state index contributed by atoms with van der Waals surface area (Å²) in [7, 11) is 0. The number of carbonyl (C=O) groups excluding carboxylic acids is 4. The van der Waals surface area contributed by atoms with Gasteiger partial charge in [0.2, 0.25) is 23.6 Å². The summed E-state index contributed by atoms with van der Waals surface area (Å²) < 4.78 is 20.2. The molecule has 0 spiro atoms. The van der Waals surface area contributed by atoms with Gasteiger partial charge in [-0.3, -0.25) is 24.1 Å². The smallest absolute Gasteiger partial charge is 0.243 e. The average molecular weight is 553 g/mol. The van der Waals surface area contributed by atoms with Gasteiger partial charge in [0.1, 0.15) is 24.2 Å². The zero-order chi connectivity index (χ0) is 28.6. The molecule has 10 heteroatoms. The zero-order valence-corrected chi connectivity index (χ0v) is 22.6. The number of primary amides is 2. The number of halogens is 1. The molecule has 0 fully saturated rings. The molecule has 2 aromatic rings. The van der Waals surface area contributed by atoms with E-state index in [9.17, 15) is 23.6 Å². The second-order valence-corrected chi connectivity index (χ2v) is 10.6. The number of hydrogen-bond acceptors (Lipinski definition) is 5. The van der Waals surface area contributed by atoms with E-state index in [1.807, 2.05) is 18.2 Å². The highest BCUT2D eigenvalue weighted by Crippen LogP contribution is 2.39. The van der Waals surface area contributed by atoms with Crippen LogP contribution in [-0.4, -0.2) is 42.3 Å². The Balaban J connectivity index is 1.40. The molecule has 2 atom stereocenters. The van der Waals surface area contributed by atoms with E-state index in [0.717, 1.165) is 48.1 Å². The van der Waals surface area contributed by atoms with Crippen molar-refractivity contribution < 1.29 is 28.3 Å². The summed E-state index contributed by atoms with van der Waals surface area (Å²) in [4.78, 5) is 50.5. The molecule has 0 aliphatic carbocycles. The maximum Gasteiger partial charge on any atom is 0.243 e. The Morgan fingerprint density at radius 1 is 1.02 bits per heavy atom. The predicted octanol–water partition coefficient (Wildman–Crippen LogP) is 2.84. The van der Waals surface area contributed by atoms with E-state index in [-0.39, 0.29) is 37.2 Å². The molecule has 2 aliphatic heterocycles. The number of benzene rings is 2. The highest BCUT2D eigenvalue weighted by molar-refractivity contribution is 6.04. The highest BCUT2D eigenvalue weighted by atomic mass is 19.1. The van der Waals surface area contributed by atoms with Gasteiger partial charge in [0.15, 0.2) is 0 Å². The Bertz CT molecular complexity index is 1270. The quantitative estimate of drug-likeness (QED) is 0.309. The first-order valence-electron chi connectivity index (χ1n) is 13.9. The van der Waals surface area contributed by atoms with Gasteiger partial charge in [0, 0.05) is 31.7 Å². The van der Waals surface area contributed by atoms with Crippen LogP contribution in [0, 0.1) is 5.82 Å². The van der Waals surface area contributed by atoms with Gasteiger partial charge in [-0.25, -0.2) is 4.39 Å². The summed E-state index contributed by atoms with van der Waals surface area (Å²) in [5, 5.41) is 2.96. The molecule has 0 saturated heterocycles. The van der Waals surface area contributed by atoms with Crippen molar-refractivity contribution >= 4 is 29.3 Å². The first kappa shape index (κ1) is 29.0. The molecule has 0 unspecified atom stereocenters. The minimum atomic E-state index is -0.687. The standard InChI is InChI=1S/C30H37FN4O5/c31-22-14-19(6-2-1-3-10-26(32)36)15-24(17-22)40-18-23(12-13-27(33)37)34-30(39)25-16-21-9-4-7-20-8-5-11-28(38)35(25)29(20)21/h4,7,9,14-15,17,23,25H,1-3,5-6,8,10-13,16,18H2,(H2,32,36)(H2,33,37)(H,34,39)/t23-,25-/m0/s1. The number of nitrogens with two attached hydrogens (primary N) is 2. The number of amides is 4. The van der Waals surface area contributed by atoms with E-state index in [1.54, 1.807) is 11.0 Å². The normalized spacial score (nSPS) is 16.7. The van der Waals surface area contributed by atoms with Crippen LogP contribution in [0.3, 0.4) is 0 Å². The number of nitrogens with zero attached hydrogens (tertiary/aromatic N) is 1. The molecule has 2 aromatic carbocycles. The Hall–Kier alpha value is -3.95. The Labute approximate surface area is 233 Å². The van der Waals surface area contributed by atoms with E-state index in [4.69, 9.17) is 16.2 Å². The third kappa shape index (κ3) is 7.58. The van der Waals surface area contributed by atoms with E-state index in [1.165, 1.54) is 12.1 Å². The molecular weight excluding hydrogens is 515 g/mol. The fraction of sp³-hybridized carbons (Fsp3) is 0.467. The minimum Gasteiger partial charge on any atom is -0.491 e. The van der Waals surface area contributed by atoms with Gasteiger partial charge in [-0.2, -0.15) is 0 Å². The van der Waals surface area contributed by atoms with Gasteiger partial charge in [-0.15, -0.1) is 0 Å². The number of unbranched alkanes of at least 4 members (excludes halogenated alkanes) is 2. The fourth-order valence-corrected chi connectivity index (χ4v) is 5.50. The van der Waals surface area contributed by atoms with Gasteiger partial charge in [0.25, 0.3) is 0 Å². The van der Waals surface area contributed by atoms with Crippen molar-refractivity contribution in [2.75, 3.05) is 11.5 Å². The van der Waals surface area contributed by atoms with Crippen molar-refractivity contribution in [3.05, 3.63) is 58.9 Å². The second kappa shape index (κ2) is 13.4. The Morgan fingerprint density at radius 2 is 1.80 bits per heavy atom. The first-order chi connectivity index (χ1) is 19.2. The Kier molecular flexibility index (Phi) is 9.74. The number of para-hydroxylation sites is 1. The number of carbonyl (C=O) groups is 4. The first-order valence-corrected chi connectivity index (χ1v) is 13.9. The van der Waals surface area contributed by atoms with Gasteiger partial charge in [-0.1, -0.05) is 24.6 Å². The maximum absolute atomic E-state index is 14.3. The van der Waals surface area contributed by atoms with Crippen LogP contribution in [0.2, 0.25) is 0 Å². The Morgan fingerprint density at radius 3 is 2.58 bits per heavy atom. The minimum absolute atomic E-state index is 0.000605.